The van der Waals surface area contributed by atoms with Crippen molar-refractivity contribution in [3.63, 3.8) is 0 Å². The summed E-state index contributed by atoms with van der Waals surface area (Å²) in [7, 11) is 0. The normalized spacial score (nSPS) is 10.8. The van der Waals surface area contributed by atoms with Crippen LogP contribution in [0.1, 0.15) is 73.1 Å². The Morgan fingerprint density at radius 2 is 1.57 bits per heavy atom. The number of ether oxygens (including phenoxy) is 1. The maximum Gasteiger partial charge on any atom is 1.00 e. The van der Waals surface area contributed by atoms with E-state index in [9.17, 15) is 9.59 Å². The van der Waals surface area contributed by atoms with Crippen LogP contribution in [-0.4, -0.2) is 30.2 Å². The van der Waals surface area contributed by atoms with Gasteiger partial charge in [0.2, 0.25) is 0 Å². The number of hydrogen-bond acceptors (Lipinski definition) is 4. The third-order valence-corrected chi connectivity index (χ3v) is 3.34. The van der Waals surface area contributed by atoms with E-state index in [-0.39, 0.29) is 37.0 Å². The van der Waals surface area contributed by atoms with Crippen LogP contribution in [0.25, 0.3) is 0 Å². The number of aliphatic carboxylic acids is 1. The molecule has 0 aliphatic heterocycles. The van der Waals surface area contributed by atoms with Crippen LogP contribution < -0.4 is 34.9 Å². The monoisotopic (exact) mass is 337 g/mol. The first-order chi connectivity index (χ1) is 10.6. The molecule has 0 rings (SSSR count). The SMILES string of the molecule is CCOC(=O)C=C(C)NCCCCCCCCCCC(=O)O.[H-].[Na+]. The number of carbonyl (C=O) groups excluding carboxylic acids is 1. The molecule has 23 heavy (non-hydrogen) atoms. The Balaban J connectivity index is -0.00000220. The Bertz CT molecular complexity index is 351. The Hall–Kier alpha value is -0.520. The van der Waals surface area contributed by atoms with Gasteiger partial charge in [0.05, 0.1) is 6.61 Å². The van der Waals surface area contributed by atoms with E-state index in [0.717, 1.165) is 37.9 Å². The van der Waals surface area contributed by atoms with E-state index in [2.05, 4.69) is 5.32 Å². The molecule has 2 N–H and O–H groups in total. The second-order valence-corrected chi connectivity index (χ2v) is 5.48. The molecule has 0 heterocycles. The molecule has 0 aromatic rings. The predicted molar refractivity (Wildman–Crippen MR) is 88.7 cm³/mol. The standard InChI is InChI=1S/C17H31NO4.Na.H/c1-3-22-17(21)14-15(2)18-13-11-9-7-5-4-6-8-10-12-16(19)20;;/h14,18H,3-13H2,1-2H3,(H,19,20);;/q;+1;-1. The first-order valence-corrected chi connectivity index (χ1v) is 8.37. The van der Waals surface area contributed by atoms with Crippen LogP contribution in [0.2, 0.25) is 0 Å². The van der Waals surface area contributed by atoms with Crippen molar-refractivity contribution in [1.82, 2.24) is 5.32 Å². The van der Waals surface area contributed by atoms with Crippen LogP contribution in [0.5, 0.6) is 0 Å². The smallest absolute Gasteiger partial charge is 1.00 e. The van der Waals surface area contributed by atoms with Crippen LogP contribution in [0.3, 0.4) is 0 Å². The Morgan fingerprint density at radius 3 is 2.09 bits per heavy atom. The molecule has 0 aliphatic carbocycles. The van der Waals surface area contributed by atoms with Crippen molar-refractivity contribution in [3.8, 4) is 0 Å². The minimum absolute atomic E-state index is 0. The largest absolute Gasteiger partial charge is 1.00 e. The van der Waals surface area contributed by atoms with Gasteiger partial charge in [-0.2, -0.15) is 0 Å². The van der Waals surface area contributed by atoms with Crippen LogP contribution >= 0.6 is 0 Å². The van der Waals surface area contributed by atoms with Crippen LogP contribution in [-0.2, 0) is 14.3 Å². The molecule has 0 amide bonds. The first-order valence-electron chi connectivity index (χ1n) is 8.37. The number of unbranched alkanes of at least 4 members (excludes halogenated alkanes) is 7. The summed E-state index contributed by atoms with van der Waals surface area (Å²) >= 11 is 0. The van der Waals surface area contributed by atoms with E-state index in [1.54, 1.807) is 6.92 Å². The number of carboxylic acid groups (broad SMARTS) is 1. The van der Waals surface area contributed by atoms with E-state index in [4.69, 9.17) is 9.84 Å². The maximum absolute atomic E-state index is 11.2. The van der Waals surface area contributed by atoms with E-state index in [1.807, 2.05) is 6.92 Å². The van der Waals surface area contributed by atoms with Crippen LogP contribution in [0.15, 0.2) is 11.8 Å². The van der Waals surface area contributed by atoms with Gasteiger partial charge >= 0.3 is 41.5 Å². The summed E-state index contributed by atoms with van der Waals surface area (Å²) in [6.07, 6.45) is 10.6. The third-order valence-electron chi connectivity index (χ3n) is 3.34. The predicted octanol–water partition coefficient (Wildman–Crippen LogP) is 0.755. The third kappa shape index (κ3) is 19.4. The fraction of sp³-hybridized carbons (Fsp3) is 0.765. The Labute approximate surface area is 164 Å². The van der Waals surface area contributed by atoms with Gasteiger partial charge in [0.25, 0.3) is 0 Å². The maximum atomic E-state index is 11.2. The summed E-state index contributed by atoms with van der Waals surface area (Å²) in [5, 5.41) is 11.7. The molecule has 0 saturated carbocycles. The van der Waals surface area contributed by atoms with E-state index < -0.39 is 5.97 Å². The van der Waals surface area contributed by atoms with Crippen molar-refractivity contribution in [2.24, 2.45) is 0 Å². The molecule has 0 radical (unpaired) electrons. The fourth-order valence-corrected chi connectivity index (χ4v) is 2.16. The minimum Gasteiger partial charge on any atom is -1.00 e. The first kappa shape index (κ1) is 24.7. The molecule has 0 spiro atoms. The zero-order chi connectivity index (χ0) is 16.6. The summed E-state index contributed by atoms with van der Waals surface area (Å²) in [4.78, 5) is 21.5. The number of carbonyl (C=O) groups is 2. The second kappa shape index (κ2) is 17.8. The molecule has 0 saturated heterocycles. The zero-order valence-corrected chi connectivity index (χ0v) is 17.0. The van der Waals surface area contributed by atoms with Gasteiger partial charge in [-0.25, -0.2) is 4.79 Å². The van der Waals surface area contributed by atoms with Gasteiger partial charge in [0.1, 0.15) is 0 Å². The topological polar surface area (TPSA) is 75.6 Å². The van der Waals surface area contributed by atoms with Crippen LogP contribution in [0.4, 0.5) is 0 Å². The van der Waals surface area contributed by atoms with E-state index >= 15 is 0 Å². The Morgan fingerprint density at radius 1 is 1.04 bits per heavy atom. The molecular weight excluding hydrogens is 305 g/mol. The second-order valence-electron chi connectivity index (χ2n) is 5.48. The average Bonchev–Trinajstić information content (AvgIpc) is 2.44. The average molecular weight is 337 g/mol. The van der Waals surface area contributed by atoms with E-state index in [0.29, 0.717) is 13.0 Å². The number of esters is 1. The number of rotatable bonds is 14. The summed E-state index contributed by atoms with van der Waals surface area (Å²) in [6, 6.07) is 0. The molecule has 0 aromatic heterocycles. The summed E-state index contributed by atoms with van der Waals surface area (Å²) in [6.45, 7) is 4.94. The van der Waals surface area contributed by atoms with Crippen molar-refractivity contribution >= 4 is 11.9 Å². The fourth-order valence-electron chi connectivity index (χ4n) is 2.16. The number of hydrogen-bond donors (Lipinski definition) is 2. The number of carboxylic acids is 1. The molecule has 0 unspecified atom stereocenters. The van der Waals surface area contributed by atoms with Crippen molar-refractivity contribution in [3.05, 3.63) is 11.8 Å². The zero-order valence-electron chi connectivity index (χ0n) is 16.0. The molecule has 6 heteroatoms. The summed E-state index contributed by atoms with van der Waals surface area (Å²) in [5.41, 5.74) is 0.844. The molecule has 0 fully saturated rings. The summed E-state index contributed by atoms with van der Waals surface area (Å²) < 4.78 is 4.84. The summed E-state index contributed by atoms with van der Waals surface area (Å²) in [5.74, 6) is -0.991. The van der Waals surface area contributed by atoms with Crippen molar-refractivity contribution in [1.29, 1.82) is 0 Å². The van der Waals surface area contributed by atoms with E-state index in [1.165, 1.54) is 31.8 Å². The number of allylic oxidation sites excluding steroid dienone is 1. The molecule has 130 valence electrons. The van der Waals surface area contributed by atoms with Gasteiger partial charge in [0, 0.05) is 24.7 Å². The van der Waals surface area contributed by atoms with Gasteiger partial charge in [-0.05, 0) is 26.7 Å². The Kier molecular flexibility index (Phi) is 19.2. The van der Waals surface area contributed by atoms with Crippen molar-refractivity contribution < 1.29 is 50.4 Å². The molecule has 0 atom stereocenters. The van der Waals surface area contributed by atoms with Crippen LogP contribution in [0, 0.1) is 0 Å². The minimum atomic E-state index is -0.695. The van der Waals surface area contributed by atoms with Crippen molar-refractivity contribution in [2.45, 2.75) is 71.6 Å². The number of nitrogens with one attached hydrogen (secondary N) is 1. The van der Waals surface area contributed by atoms with Gasteiger partial charge in [-0.1, -0.05) is 38.5 Å². The molecule has 0 aliphatic rings. The van der Waals surface area contributed by atoms with Gasteiger partial charge in [0.15, 0.2) is 0 Å². The molecule has 5 nitrogen and oxygen atoms in total. The molecular formula is C17H32NNaO4. The molecule has 0 aromatic carbocycles. The van der Waals surface area contributed by atoms with Gasteiger partial charge in [-0.3, -0.25) is 4.79 Å². The van der Waals surface area contributed by atoms with Gasteiger partial charge < -0.3 is 16.6 Å². The quantitative estimate of drug-likeness (QED) is 0.212. The van der Waals surface area contributed by atoms with Crippen molar-refractivity contribution in [2.75, 3.05) is 13.2 Å². The van der Waals surface area contributed by atoms with Gasteiger partial charge in [-0.15, -0.1) is 0 Å². The molecule has 0 bridgehead atoms.